The van der Waals surface area contributed by atoms with E-state index in [4.69, 9.17) is 9.15 Å². The molecule has 1 atom stereocenters. The van der Waals surface area contributed by atoms with Gasteiger partial charge in [-0.1, -0.05) is 39.0 Å². The third-order valence-electron chi connectivity index (χ3n) is 5.32. The average Bonchev–Trinajstić information content (AvgIpc) is 3.05. The molecule has 0 aliphatic carbocycles. The summed E-state index contributed by atoms with van der Waals surface area (Å²) in [6.45, 7) is 6.97. The van der Waals surface area contributed by atoms with Crippen LogP contribution >= 0.6 is 0 Å². The zero-order valence-corrected chi connectivity index (χ0v) is 17.0. The summed E-state index contributed by atoms with van der Waals surface area (Å²) in [6.07, 6.45) is 1.78. The fraction of sp³-hybridized carbons (Fsp3) is 0.333. The molecule has 4 rings (SSSR count). The number of aryl methyl sites for hydroxylation is 1. The fourth-order valence-corrected chi connectivity index (χ4v) is 3.62. The van der Waals surface area contributed by atoms with Gasteiger partial charge >= 0.3 is 0 Å². The van der Waals surface area contributed by atoms with Gasteiger partial charge in [-0.15, -0.1) is 0 Å². The van der Waals surface area contributed by atoms with E-state index in [0.29, 0.717) is 29.1 Å². The maximum atomic E-state index is 13.3. The molecule has 1 aliphatic rings. The molecule has 2 aromatic carbocycles. The first-order valence-corrected chi connectivity index (χ1v) is 10.1. The molecule has 0 fully saturated rings. The van der Waals surface area contributed by atoms with E-state index >= 15 is 0 Å². The standard InChI is InChI=1S/C24H25NO4/c1-4-15-8-9-19-18(12-15)22(26)20-21(25-24(27)23(20)29-19)16-6-5-7-17(13-16)28-11-10-14(2)3/h5-9,12-14,21H,4,10-11H2,1-3H3,(H,25,27). The van der Waals surface area contributed by atoms with Crippen LogP contribution in [0, 0.1) is 5.92 Å². The van der Waals surface area contributed by atoms with E-state index in [9.17, 15) is 9.59 Å². The Bertz CT molecular complexity index is 1130. The number of benzene rings is 2. The smallest absolute Gasteiger partial charge is 0.288 e. The third kappa shape index (κ3) is 3.65. The molecule has 3 aromatic rings. The molecule has 1 aromatic heterocycles. The molecule has 1 unspecified atom stereocenters. The molecule has 5 nitrogen and oxygen atoms in total. The summed E-state index contributed by atoms with van der Waals surface area (Å²) in [5, 5.41) is 3.40. The second-order valence-electron chi connectivity index (χ2n) is 7.87. The number of fused-ring (bicyclic) bond motifs is 2. The first-order valence-electron chi connectivity index (χ1n) is 10.1. The van der Waals surface area contributed by atoms with Crippen LogP contribution in [0.25, 0.3) is 11.0 Å². The number of ether oxygens (including phenoxy) is 1. The number of carbonyl (C=O) groups is 1. The minimum absolute atomic E-state index is 0.0999. The Kier molecular flexibility index (Phi) is 5.14. The Morgan fingerprint density at radius 1 is 1.14 bits per heavy atom. The summed E-state index contributed by atoms with van der Waals surface area (Å²) in [4.78, 5) is 25.8. The van der Waals surface area contributed by atoms with Gasteiger partial charge in [0.05, 0.1) is 23.6 Å². The lowest BCUT2D eigenvalue weighted by molar-refractivity contribution is 0.0938. The van der Waals surface area contributed by atoms with Crippen LogP contribution in [0.2, 0.25) is 0 Å². The van der Waals surface area contributed by atoms with Crippen LogP contribution < -0.4 is 15.5 Å². The quantitative estimate of drug-likeness (QED) is 0.666. The van der Waals surface area contributed by atoms with E-state index in [1.807, 2.05) is 43.3 Å². The lowest BCUT2D eigenvalue weighted by atomic mass is 9.98. The number of carbonyl (C=O) groups excluding carboxylic acids is 1. The van der Waals surface area contributed by atoms with Crippen molar-refractivity contribution in [2.45, 2.75) is 39.7 Å². The molecule has 0 saturated heterocycles. The van der Waals surface area contributed by atoms with E-state index in [0.717, 1.165) is 29.7 Å². The summed E-state index contributed by atoms with van der Waals surface area (Å²) < 4.78 is 11.7. The Morgan fingerprint density at radius 3 is 2.72 bits per heavy atom. The van der Waals surface area contributed by atoms with Gasteiger partial charge in [-0.3, -0.25) is 9.59 Å². The molecule has 0 bridgehead atoms. The number of nitrogens with one attached hydrogen (secondary N) is 1. The van der Waals surface area contributed by atoms with Crippen LogP contribution in [0.3, 0.4) is 0 Å². The minimum Gasteiger partial charge on any atom is -0.494 e. The highest BCUT2D eigenvalue weighted by molar-refractivity contribution is 5.99. The molecule has 150 valence electrons. The van der Waals surface area contributed by atoms with Crippen LogP contribution in [0.15, 0.2) is 51.7 Å². The van der Waals surface area contributed by atoms with E-state index in [2.05, 4.69) is 19.2 Å². The van der Waals surface area contributed by atoms with Gasteiger partial charge < -0.3 is 14.5 Å². The van der Waals surface area contributed by atoms with Crippen LogP contribution in [0.5, 0.6) is 5.75 Å². The lowest BCUT2D eigenvalue weighted by Gasteiger charge is -2.14. The molecule has 2 heterocycles. The summed E-state index contributed by atoms with van der Waals surface area (Å²) in [5.74, 6) is 1.02. The molecule has 0 radical (unpaired) electrons. The Hall–Kier alpha value is -3.08. The maximum absolute atomic E-state index is 13.3. The van der Waals surface area contributed by atoms with E-state index in [1.54, 1.807) is 6.07 Å². The summed E-state index contributed by atoms with van der Waals surface area (Å²) in [6, 6.07) is 12.5. The van der Waals surface area contributed by atoms with E-state index in [-0.39, 0.29) is 17.1 Å². The summed E-state index contributed by atoms with van der Waals surface area (Å²) in [5.41, 5.74) is 2.50. The Morgan fingerprint density at radius 2 is 1.97 bits per heavy atom. The minimum atomic E-state index is -0.544. The molecule has 1 N–H and O–H groups in total. The van der Waals surface area contributed by atoms with Crippen molar-refractivity contribution >= 4 is 16.9 Å². The predicted octanol–water partition coefficient (Wildman–Crippen LogP) is 4.61. The second kappa shape index (κ2) is 7.74. The van der Waals surface area contributed by atoms with Crippen LogP contribution in [0.1, 0.15) is 60.5 Å². The zero-order chi connectivity index (χ0) is 20.5. The molecular weight excluding hydrogens is 366 g/mol. The molecule has 0 saturated carbocycles. The normalized spacial score (nSPS) is 15.6. The van der Waals surface area contributed by atoms with Crippen molar-refractivity contribution in [1.82, 2.24) is 5.32 Å². The highest BCUT2D eigenvalue weighted by Crippen LogP contribution is 2.32. The van der Waals surface area contributed by atoms with Gasteiger partial charge in [0.25, 0.3) is 5.91 Å². The van der Waals surface area contributed by atoms with E-state index < -0.39 is 6.04 Å². The van der Waals surface area contributed by atoms with Gasteiger partial charge in [-0.25, -0.2) is 0 Å². The monoisotopic (exact) mass is 391 g/mol. The molecule has 29 heavy (non-hydrogen) atoms. The van der Waals surface area contributed by atoms with Crippen LogP contribution in [0.4, 0.5) is 0 Å². The molecule has 1 amide bonds. The fourth-order valence-electron chi connectivity index (χ4n) is 3.62. The van der Waals surface area contributed by atoms with Crippen LogP contribution in [-0.2, 0) is 6.42 Å². The van der Waals surface area contributed by atoms with Crippen molar-refractivity contribution in [3.8, 4) is 5.75 Å². The first-order chi connectivity index (χ1) is 14.0. The SMILES string of the molecule is CCc1ccc2oc3c(c(=O)c2c1)C(c1cccc(OCCC(C)C)c1)NC3=O. The average molecular weight is 391 g/mol. The van der Waals surface area contributed by atoms with Crippen molar-refractivity contribution < 1.29 is 13.9 Å². The lowest BCUT2D eigenvalue weighted by Crippen LogP contribution is -2.22. The van der Waals surface area contributed by atoms with Crippen molar-refractivity contribution in [2.24, 2.45) is 5.92 Å². The largest absolute Gasteiger partial charge is 0.494 e. The third-order valence-corrected chi connectivity index (χ3v) is 5.32. The zero-order valence-electron chi connectivity index (χ0n) is 17.0. The summed E-state index contributed by atoms with van der Waals surface area (Å²) >= 11 is 0. The Labute approximate surface area is 169 Å². The van der Waals surface area contributed by atoms with Gasteiger partial charge in [0.1, 0.15) is 11.3 Å². The second-order valence-corrected chi connectivity index (χ2v) is 7.87. The topological polar surface area (TPSA) is 68.5 Å². The van der Waals surface area contributed by atoms with Gasteiger partial charge in [-0.2, -0.15) is 0 Å². The van der Waals surface area contributed by atoms with Gasteiger partial charge in [0, 0.05) is 0 Å². The number of rotatable bonds is 6. The Balaban J connectivity index is 1.74. The van der Waals surface area contributed by atoms with Gasteiger partial charge in [-0.05, 0) is 54.2 Å². The number of hydrogen-bond donors (Lipinski definition) is 1. The summed E-state index contributed by atoms with van der Waals surface area (Å²) in [7, 11) is 0. The first kappa shape index (κ1) is 19.2. The highest BCUT2D eigenvalue weighted by Gasteiger charge is 2.36. The predicted molar refractivity (Wildman–Crippen MR) is 113 cm³/mol. The molecule has 0 spiro atoms. The van der Waals surface area contributed by atoms with Crippen molar-refractivity contribution in [2.75, 3.05) is 6.61 Å². The number of amides is 1. The maximum Gasteiger partial charge on any atom is 0.288 e. The van der Waals surface area contributed by atoms with Crippen molar-refractivity contribution in [3.63, 3.8) is 0 Å². The van der Waals surface area contributed by atoms with Crippen molar-refractivity contribution in [1.29, 1.82) is 0 Å². The van der Waals surface area contributed by atoms with Crippen LogP contribution in [-0.4, -0.2) is 12.5 Å². The highest BCUT2D eigenvalue weighted by atomic mass is 16.5. The molecule has 5 heteroatoms. The van der Waals surface area contributed by atoms with Gasteiger partial charge in [0.2, 0.25) is 5.76 Å². The molecule has 1 aliphatic heterocycles. The van der Waals surface area contributed by atoms with Crippen molar-refractivity contribution in [3.05, 3.63) is 75.1 Å². The molecular formula is C24H25NO4. The van der Waals surface area contributed by atoms with Gasteiger partial charge in [0.15, 0.2) is 5.43 Å². The number of hydrogen-bond acceptors (Lipinski definition) is 4. The van der Waals surface area contributed by atoms with E-state index in [1.165, 1.54) is 0 Å².